The van der Waals surface area contributed by atoms with Crippen molar-refractivity contribution in [1.82, 2.24) is 4.90 Å². The first kappa shape index (κ1) is 15.1. The van der Waals surface area contributed by atoms with Crippen LogP contribution in [0.15, 0.2) is 18.2 Å². The van der Waals surface area contributed by atoms with E-state index in [9.17, 15) is 0 Å². The van der Waals surface area contributed by atoms with Crippen molar-refractivity contribution in [1.29, 1.82) is 0 Å². The molecule has 0 spiro atoms. The number of halogens is 1. The lowest BCUT2D eigenvalue weighted by Gasteiger charge is -2.47. The number of piperidine rings is 2. The molecule has 114 valence electrons. The zero-order valence-electron chi connectivity index (χ0n) is 12.3. The zero-order valence-corrected chi connectivity index (χ0v) is 13.9. The predicted octanol–water partition coefficient (Wildman–Crippen LogP) is 3.40. The normalized spacial score (nSPS) is 29.1. The first-order valence-corrected chi connectivity index (χ1v) is 8.41. The minimum atomic E-state index is 0.348. The molecule has 3 rings (SSSR count). The van der Waals surface area contributed by atoms with Crippen LogP contribution in [-0.2, 0) is 0 Å². The van der Waals surface area contributed by atoms with Crippen LogP contribution in [0.25, 0.3) is 0 Å². The van der Waals surface area contributed by atoms with E-state index in [1.807, 2.05) is 18.2 Å². The zero-order chi connectivity index (χ0) is 15.0. The molecule has 5 heteroatoms. The Bertz CT molecular complexity index is 534. The number of nitrogens with two attached hydrogens (primary N) is 1. The summed E-state index contributed by atoms with van der Waals surface area (Å²) in [6.07, 6.45) is 6.45. The molecule has 0 aromatic heterocycles. The third kappa shape index (κ3) is 3.17. The molecule has 2 aliphatic rings. The molecule has 0 amide bonds. The van der Waals surface area contributed by atoms with Gasteiger partial charge in [-0.15, -0.1) is 0 Å². The molecule has 1 aromatic rings. The van der Waals surface area contributed by atoms with Gasteiger partial charge in [0.25, 0.3) is 0 Å². The summed E-state index contributed by atoms with van der Waals surface area (Å²) in [6, 6.07) is 7.84. The van der Waals surface area contributed by atoms with E-state index >= 15 is 0 Å². The van der Waals surface area contributed by atoms with Gasteiger partial charge < -0.3 is 16.0 Å². The molecule has 0 saturated carbocycles. The maximum Gasteiger partial charge on any atom is 0.105 e. The highest BCUT2D eigenvalue weighted by Gasteiger charge is 2.35. The van der Waals surface area contributed by atoms with E-state index in [0.29, 0.717) is 16.1 Å². The third-order valence-electron chi connectivity index (χ3n) is 4.95. The Hall–Kier alpha value is -0.840. The van der Waals surface area contributed by atoms with Crippen LogP contribution in [0.5, 0.6) is 0 Å². The second kappa shape index (κ2) is 6.11. The van der Waals surface area contributed by atoms with Crippen molar-refractivity contribution in [2.45, 2.75) is 50.2 Å². The fourth-order valence-corrected chi connectivity index (χ4v) is 4.29. The van der Waals surface area contributed by atoms with Crippen LogP contribution in [-0.4, -0.2) is 35.1 Å². The lowest BCUT2D eigenvalue weighted by molar-refractivity contribution is 0.0608. The third-order valence-corrected chi connectivity index (χ3v) is 5.48. The molecule has 21 heavy (non-hydrogen) atoms. The molecule has 2 heterocycles. The van der Waals surface area contributed by atoms with Gasteiger partial charge in [0.15, 0.2) is 0 Å². The van der Waals surface area contributed by atoms with Crippen LogP contribution < -0.4 is 11.1 Å². The fraction of sp³-hybridized carbons (Fsp3) is 0.562. The summed E-state index contributed by atoms with van der Waals surface area (Å²) in [5.41, 5.74) is 7.46. The minimum Gasteiger partial charge on any atom is -0.389 e. The first-order valence-electron chi connectivity index (χ1n) is 7.62. The maximum atomic E-state index is 6.25. The van der Waals surface area contributed by atoms with E-state index < -0.39 is 0 Å². The lowest BCUT2D eigenvalue weighted by Crippen LogP contribution is -2.52. The molecule has 3 nitrogen and oxygen atoms in total. The highest BCUT2D eigenvalue weighted by molar-refractivity contribution is 7.80. The number of hydrogen-bond acceptors (Lipinski definition) is 3. The van der Waals surface area contributed by atoms with Crippen LogP contribution in [0.2, 0.25) is 5.02 Å². The average Bonchev–Trinajstić information content (AvgIpc) is 2.39. The number of hydrogen-bond donors (Lipinski definition) is 2. The highest BCUT2D eigenvalue weighted by Crippen LogP contribution is 2.34. The molecular formula is C16H22ClN3S. The van der Waals surface area contributed by atoms with Gasteiger partial charge in [-0.1, -0.05) is 30.2 Å². The van der Waals surface area contributed by atoms with E-state index in [4.69, 9.17) is 29.6 Å². The number of nitrogens with zero attached hydrogens (tertiary/aromatic N) is 1. The van der Waals surface area contributed by atoms with Crippen molar-refractivity contribution < 1.29 is 0 Å². The summed E-state index contributed by atoms with van der Waals surface area (Å²) in [7, 11) is 2.28. The molecule has 2 saturated heterocycles. The van der Waals surface area contributed by atoms with Crippen molar-refractivity contribution in [2.75, 3.05) is 12.4 Å². The van der Waals surface area contributed by atoms with Crippen LogP contribution in [0, 0.1) is 0 Å². The molecule has 2 unspecified atom stereocenters. The topological polar surface area (TPSA) is 41.3 Å². The van der Waals surface area contributed by atoms with Gasteiger partial charge in [0, 0.05) is 29.4 Å². The molecular weight excluding hydrogens is 302 g/mol. The largest absolute Gasteiger partial charge is 0.389 e. The Balaban J connectivity index is 1.70. The molecule has 1 aromatic carbocycles. The van der Waals surface area contributed by atoms with Crippen LogP contribution >= 0.6 is 23.8 Å². The van der Waals surface area contributed by atoms with E-state index in [-0.39, 0.29) is 0 Å². The van der Waals surface area contributed by atoms with Gasteiger partial charge in [0.2, 0.25) is 0 Å². The first-order chi connectivity index (χ1) is 10.0. The molecule has 3 N–H and O–H groups in total. The number of thiocarbonyl (C=S) groups is 1. The predicted molar refractivity (Wildman–Crippen MR) is 93.2 cm³/mol. The average molecular weight is 324 g/mol. The van der Waals surface area contributed by atoms with Gasteiger partial charge in [-0.05, 0) is 50.9 Å². The Morgan fingerprint density at radius 1 is 1.33 bits per heavy atom. The Morgan fingerprint density at radius 2 is 2.00 bits per heavy atom. The summed E-state index contributed by atoms with van der Waals surface area (Å²) in [5, 5.41) is 4.27. The SMILES string of the molecule is CN1C2CCCC1CC(Nc1ccc(C(N)=S)c(Cl)c1)C2. The Morgan fingerprint density at radius 3 is 2.57 bits per heavy atom. The number of fused-ring (bicyclic) bond motifs is 2. The quantitative estimate of drug-likeness (QED) is 0.837. The van der Waals surface area contributed by atoms with Gasteiger partial charge in [-0.2, -0.15) is 0 Å². The number of rotatable bonds is 3. The molecule has 2 atom stereocenters. The van der Waals surface area contributed by atoms with E-state index in [1.165, 1.54) is 32.1 Å². The van der Waals surface area contributed by atoms with Crippen LogP contribution in [0.3, 0.4) is 0 Å². The van der Waals surface area contributed by atoms with Crippen molar-refractivity contribution in [3.63, 3.8) is 0 Å². The highest BCUT2D eigenvalue weighted by atomic mass is 35.5. The van der Waals surface area contributed by atoms with E-state index in [1.54, 1.807) is 0 Å². The second-order valence-electron chi connectivity index (χ2n) is 6.28. The lowest BCUT2D eigenvalue weighted by atomic mass is 9.82. The number of anilines is 1. The summed E-state index contributed by atoms with van der Waals surface area (Å²) in [4.78, 5) is 2.92. The van der Waals surface area contributed by atoms with E-state index in [2.05, 4.69) is 17.3 Å². The van der Waals surface area contributed by atoms with Gasteiger partial charge in [-0.3, -0.25) is 0 Å². The van der Waals surface area contributed by atoms with Crippen molar-refractivity contribution >= 4 is 34.5 Å². The second-order valence-corrected chi connectivity index (χ2v) is 7.12. The summed E-state index contributed by atoms with van der Waals surface area (Å²) >= 11 is 11.2. The molecule has 2 fully saturated rings. The molecule has 2 bridgehead atoms. The summed E-state index contributed by atoms with van der Waals surface area (Å²) in [5.74, 6) is 0. The minimum absolute atomic E-state index is 0.348. The standard InChI is InChI=1S/C16H22ClN3S/c1-20-12-3-2-4-13(20)8-11(7-12)19-10-5-6-14(16(18)21)15(17)9-10/h5-6,9,11-13,19H,2-4,7-8H2,1H3,(H2,18,21). The smallest absolute Gasteiger partial charge is 0.105 e. The van der Waals surface area contributed by atoms with E-state index in [0.717, 1.165) is 23.3 Å². The molecule has 2 aliphatic heterocycles. The number of benzene rings is 1. The Labute approximate surface area is 136 Å². The monoisotopic (exact) mass is 323 g/mol. The van der Waals surface area contributed by atoms with Crippen molar-refractivity contribution in [3.05, 3.63) is 28.8 Å². The van der Waals surface area contributed by atoms with Gasteiger partial charge in [0.05, 0.1) is 5.02 Å². The summed E-state index contributed by atoms with van der Waals surface area (Å²) in [6.45, 7) is 0. The molecule has 0 radical (unpaired) electrons. The van der Waals surface area contributed by atoms with Gasteiger partial charge in [-0.25, -0.2) is 0 Å². The fourth-order valence-electron chi connectivity index (χ4n) is 3.77. The van der Waals surface area contributed by atoms with Gasteiger partial charge >= 0.3 is 0 Å². The van der Waals surface area contributed by atoms with Crippen molar-refractivity contribution in [2.24, 2.45) is 5.73 Å². The van der Waals surface area contributed by atoms with Crippen molar-refractivity contribution in [3.8, 4) is 0 Å². The maximum absolute atomic E-state index is 6.25. The number of nitrogens with one attached hydrogen (secondary N) is 1. The van der Waals surface area contributed by atoms with Crippen LogP contribution in [0.1, 0.15) is 37.7 Å². The summed E-state index contributed by atoms with van der Waals surface area (Å²) < 4.78 is 0. The Kier molecular flexibility index (Phi) is 4.38. The van der Waals surface area contributed by atoms with Gasteiger partial charge in [0.1, 0.15) is 4.99 Å². The van der Waals surface area contributed by atoms with Crippen LogP contribution in [0.4, 0.5) is 5.69 Å². The molecule has 0 aliphatic carbocycles.